The predicted molar refractivity (Wildman–Crippen MR) is 123 cm³/mol. The Hall–Kier alpha value is -2.93. The predicted octanol–water partition coefficient (Wildman–Crippen LogP) is 3.56. The molecule has 0 radical (unpaired) electrons. The molecule has 2 heterocycles. The molecule has 0 bridgehead atoms. The maximum absolute atomic E-state index is 13.4. The highest BCUT2D eigenvalue weighted by atomic mass is 16.5. The van der Waals surface area contributed by atoms with Gasteiger partial charge in [0.1, 0.15) is 12.4 Å². The molecule has 0 saturated carbocycles. The number of hydrogen-bond acceptors (Lipinski definition) is 5. The number of carbonyl (C=O) groups excluding carboxylic acids is 1. The zero-order valence-corrected chi connectivity index (χ0v) is 18.5. The molecule has 2 unspecified atom stereocenters. The molecule has 1 aliphatic carbocycles. The number of para-hydroxylation sites is 2. The van der Waals surface area contributed by atoms with Gasteiger partial charge in [-0.3, -0.25) is 14.9 Å². The Morgan fingerprint density at radius 3 is 2.97 bits per heavy atom. The fraction of sp³-hybridized carbons (Fsp3) is 0.458. The molecule has 2 N–H and O–H groups in total. The summed E-state index contributed by atoms with van der Waals surface area (Å²) in [5.74, 6) is 0.942. The van der Waals surface area contributed by atoms with Crippen LogP contribution < -0.4 is 10.1 Å². The van der Waals surface area contributed by atoms with Gasteiger partial charge in [0.15, 0.2) is 0 Å². The summed E-state index contributed by atoms with van der Waals surface area (Å²) >= 11 is 0. The Balaban J connectivity index is 1.49. The van der Waals surface area contributed by atoms with E-state index in [-0.39, 0.29) is 11.8 Å². The molecule has 0 spiro atoms. The van der Waals surface area contributed by atoms with Crippen molar-refractivity contribution >= 4 is 17.8 Å². The minimum absolute atomic E-state index is 0.0229. The zero-order valence-electron chi connectivity index (χ0n) is 18.5. The Labute approximate surface area is 183 Å². The molecule has 2 aliphatic rings. The van der Waals surface area contributed by atoms with Gasteiger partial charge in [-0.05, 0) is 57.5 Å². The second-order valence-electron chi connectivity index (χ2n) is 8.92. The van der Waals surface area contributed by atoms with Crippen LogP contribution in [0.25, 0.3) is 0 Å². The van der Waals surface area contributed by atoms with E-state index in [2.05, 4.69) is 38.4 Å². The quantitative estimate of drug-likeness (QED) is 0.716. The van der Waals surface area contributed by atoms with E-state index in [9.17, 15) is 4.79 Å². The van der Waals surface area contributed by atoms with Crippen molar-refractivity contribution in [2.24, 2.45) is 10.4 Å². The fourth-order valence-corrected chi connectivity index (χ4v) is 4.18. The van der Waals surface area contributed by atoms with Gasteiger partial charge in [0.2, 0.25) is 5.91 Å². The van der Waals surface area contributed by atoms with Crippen molar-refractivity contribution in [1.29, 1.82) is 0 Å². The second kappa shape index (κ2) is 9.06. The SMILES string of the molecule is CN(C)CCOc1ccccc1NC(=O)C1(C)CCc2[nH]nc(C3C=CN=CC3)c2C1. The monoisotopic (exact) mass is 421 g/mol. The number of aromatic amines is 1. The molecule has 7 heteroatoms. The van der Waals surface area contributed by atoms with E-state index in [1.807, 2.05) is 50.8 Å². The molecular weight excluding hydrogens is 390 g/mol. The number of rotatable bonds is 7. The fourth-order valence-electron chi connectivity index (χ4n) is 4.18. The molecule has 2 atom stereocenters. The average molecular weight is 422 g/mol. The largest absolute Gasteiger partial charge is 0.490 e. The van der Waals surface area contributed by atoms with Crippen LogP contribution in [0, 0.1) is 5.41 Å². The lowest BCUT2D eigenvalue weighted by Crippen LogP contribution is -2.38. The maximum atomic E-state index is 13.4. The topological polar surface area (TPSA) is 82.6 Å². The smallest absolute Gasteiger partial charge is 0.230 e. The highest BCUT2D eigenvalue weighted by Gasteiger charge is 2.40. The Morgan fingerprint density at radius 2 is 2.19 bits per heavy atom. The number of aromatic nitrogens is 2. The van der Waals surface area contributed by atoms with Gasteiger partial charge in [-0.2, -0.15) is 5.10 Å². The summed E-state index contributed by atoms with van der Waals surface area (Å²) < 4.78 is 5.92. The number of aryl methyl sites for hydroxylation is 1. The molecule has 1 aliphatic heterocycles. The number of carbonyl (C=O) groups is 1. The summed E-state index contributed by atoms with van der Waals surface area (Å²) in [5, 5.41) is 10.9. The normalized spacial score (nSPS) is 22.4. The number of anilines is 1. The highest BCUT2D eigenvalue weighted by molar-refractivity contribution is 5.96. The zero-order chi connectivity index (χ0) is 21.8. The molecule has 31 heavy (non-hydrogen) atoms. The third kappa shape index (κ3) is 4.71. The number of fused-ring (bicyclic) bond motifs is 1. The van der Waals surface area contributed by atoms with Crippen LogP contribution in [0.2, 0.25) is 0 Å². The summed E-state index contributed by atoms with van der Waals surface area (Å²) in [5.41, 5.74) is 3.60. The first-order valence-corrected chi connectivity index (χ1v) is 10.9. The number of aliphatic imine (C=N–C) groups is 1. The number of likely N-dealkylation sites (N-methyl/N-ethyl adjacent to an activating group) is 1. The van der Waals surface area contributed by atoms with Crippen LogP contribution in [0.15, 0.2) is 41.5 Å². The van der Waals surface area contributed by atoms with Gasteiger partial charge < -0.3 is 15.0 Å². The lowest BCUT2D eigenvalue weighted by Gasteiger charge is -2.33. The van der Waals surface area contributed by atoms with Gasteiger partial charge >= 0.3 is 0 Å². The number of benzene rings is 1. The van der Waals surface area contributed by atoms with E-state index < -0.39 is 5.41 Å². The molecule has 7 nitrogen and oxygen atoms in total. The highest BCUT2D eigenvalue weighted by Crippen LogP contribution is 2.40. The third-order valence-corrected chi connectivity index (χ3v) is 6.18. The average Bonchev–Trinajstić information content (AvgIpc) is 3.18. The van der Waals surface area contributed by atoms with E-state index in [1.54, 1.807) is 0 Å². The summed E-state index contributed by atoms with van der Waals surface area (Å²) in [6.45, 7) is 3.43. The molecular formula is C24H31N5O2. The Kier molecular flexibility index (Phi) is 6.23. The molecule has 1 amide bonds. The minimum atomic E-state index is -0.505. The van der Waals surface area contributed by atoms with Crippen LogP contribution >= 0.6 is 0 Å². The molecule has 0 fully saturated rings. The summed E-state index contributed by atoms with van der Waals surface area (Å²) in [4.78, 5) is 19.6. The van der Waals surface area contributed by atoms with Gasteiger partial charge in [0, 0.05) is 30.6 Å². The van der Waals surface area contributed by atoms with Crippen LogP contribution in [0.4, 0.5) is 5.69 Å². The minimum Gasteiger partial charge on any atom is -0.490 e. The van der Waals surface area contributed by atoms with Crippen LogP contribution in [0.1, 0.15) is 42.6 Å². The molecule has 164 valence electrons. The van der Waals surface area contributed by atoms with Crippen molar-refractivity contribution in [2.75, 3.05) is 32.6 Å². The lowest BCUT2D eigenvalue weighted by molar-refractivity contribution is -0.125. The van der Waals surface area contributed by atoms with Crippen molar-refractivity contribution < 1.29 is 9.53 Å². The van der Waals surface area contributed by atoms with Gasteiger partial charge in [-0.15, -0.1) is 0 Å². The van der Waals surface area contributed by atoms with Crippen molar-refractivity contribution in [3.8, 4) is 5.75 Å². The second-order valence-corrected chi connectivity index (χ2v) is 8.92. The van der Waals surface area contributed by atoms with Gasteiger partial charge in [0.25, 0.3) is 0 Å². The van der Waals surface area contributed by atoms with E-state index in [4.69, 9.17) is 4.74 Å². The van der Waals surface area contributed by atoms with Gasteiger partial charge in [-0.25, -0.2) is 0 Å². The molecule has 4 rings (SSSR count). The van der Waals surface area contributed by atoms with E-state index in [0.717, 1.165) is 42.9 Å². The van der Waals surface area contributed by atoms with Crippen molar-refractivity contribution in [1.82, 2.24) is 15.1 Å². The standard InChI is InChI=1S/C24H31N5O2/c1-24(23(30)26-20-6-4-5-7-21(20)31-15-14-29(2)3)11-8-19-18(16-24)22(28-27-19)17-9-12-25-13-10-17/h4-7,9,12-13,17H,8,10-11,14-16H2,1-3H3,(H,26,30)(H,27,28). The first-order valence-electron chi connectivity index (χ1n) is 10.9. The number of ether oxygens (including phenoxy) is 1. The van der Waals surface area contributed by atoms with Gasteiger partial charge in [0.05, 0.1) is 16.8 Å². The Bertz CT molecular complexity index is 994. The number of amides is 1. The summed E-state index contributed by atoms with van der Waals surface area (Å²) in [7, 11) is 4.02. The first-order chi connectivity index (χ1) is 15.0. The lowest BCUT2D eigenvalue weighted by atomic mass is 9.72. The number of allylic oxidation sites excluding steroid dienone is 1. The van der Waals surface area contributed by atoms with E-state index in [0.29, 0.717) is 18.8 Å². The third-order valence-electron chi connectivity index (χ3n) is 6.18. The van der Waals surface area contributed by atoms with Crippen LogP contribution in [0.3, 0.4) is 0 Å². The first kappa shape index (κ1) is 21.3. The van der Waals surface area contributed by atoms with E-state index >= 15 is 0 Å². The molecule has 1 aromatic heterocycles. The van der Waals surface area contributed by atoms with Crippen LogP contribution in [0.5, 0.6) is 5.75 Å². The number of hydrogen-bond donors (Lipinski definition) is 2. The maximum Gasteiger partial charge on any atom is 0.230 e. The molecule has 2 aromatic rings. The number of nitrogens with one attached hydrogen (secondary N) is 2. The van der Waals surface area contributed by atoms with Crippen LogP contribution in [-0.4, -0.2) is 54.5 Å². The summed E-state index contributed by atoms with van der Waals surface area (Å²) in [6.07, 6.45) is 8.95. The molecule has 0 saturated heterocycles. The van der Waals surface area contributed by atoms with E-state index in [1.165, 1.54) is 5.56 Å². The van der Waals surface area contributed by atoms with Crippen molar-refractivity contribution in [3.05, 3.63) is 53.5 Å². The molecule has 1 aromatic carbocycles. The van der Waals surface area contributed by atoms with Crippen molar-refractivity contribution in [2.45, 2.75) is 38.5 Å². The van der Waals surface area contributed by atoms with Crippen molar-refractivity contribution in [3.63, 3.8) is 0 Å². The number of nitrogens with zero attached hydrogens (tertiary/aromatic N) is 3. The Morgan fingerprint density at radius 1 is 1.35 bits per heavy atom. The van der Waals surface area contributed by atoms with Gasteiger partial charge in [-0.1, -0.05) is 25.1 Å². The summed E-state index contributed by atoms with van der Waals surface area (Å²) in [6, 6.07) is 7.64. The number of H-pyrrole nitrogens is 1. The van der Waals surface area contributed by atoms with Crippen LogP contribution in [-0.2, 0) is 17.6 Å².